The molecule has 0 aliphatic heterocycles. The minimum Gasteiger partial charge on any atom is -0.478 e. The molecule has 1 aliphatic carbocycles. The number of carbonyl (C=O) groups is 1. The highest BCUT2D eigenvalue weighted by atomic mass is 32.1. The quantitative estimate of drug-likeness (QED) is 0.859. The second kappa shape index (κ2) is 5.95. The number of aromatic nitrogens is 1. The first kappa shape index (κ1) is 15.4. The molecule has 1 heterocycles. The molecule has 1 saturated carbocycles. The van der Waals surface area contributed by atoms with Crippen LogP contribution in [0.3, 0.4) is 0 Å². The first-order valence-corrected chi connectivity index (χ1v) is 8.66. The van der Waals surface area contributed by atoms with Crippen LogP contribution in [0.5, 0.6) is 0 Å². The number of carboxylic acids is 1. The second-order valence-corrected chi connectivity index (χ2v) is 7.33. The first-order valence-electron chi connectivity index (χ1n) is 7.84. The number of fused-ring (bicyclic) bond motifs is 1. The zero-order valence-electron chi connectivity index (χ0n) is 12.8. The van der Waals surface area contributed by atoms with Gasteiger partial charge in [0.15, 0.2) is 5.82 Å². The van der Waals surface area contributed by atoms with Crippen molar-refractivity contribution in [2.45, 2.75) is 45.4 Å². The topological polar surface area (TPSA) is 50.2 Å². The van der Waals surface area contributed by atoms with Gasteiger partial charge in [-0.2, -0.15) is 0 Å². The predicted molar refractivity (Wildman–Crippen MR) is 86.1 cm³/mol. The average Bonchev–Trinajstić information content (AvgIpc) is 2.90. The lowest BCUT2D eigenvalue weighted by atomic mass is 9.72. The largest absolute Gasteiger partial charge is 0.478 e. The maximum atomic E-state index is 14.1. The highest BCUT2D eigenvalue weighted by molar-refractivity contribution is 7.18. The van der Waals surface area contributed by atoms with Crippen LogP contribution in [0.25, 0.3) is 10.2 Å². The Hall–Kier alpha value is -1.49. The van der Waals surface area contributed by atoms with Gasteiger partial charge in [-0.25, -0.2) is 14.2 Å². The Kier molecular flexibility index (Phi) is 4.17. The van der Waals surface area contributed by atoms with Crippen molar-refractivity contribution in [3.63, 3.8) is 0 Å². The molecule has 5 heteroatoms. The third kappa shape index (κ3) is 2.62. The third-order valence-corrected chi connectivity index (χ3v) is 5.98. The van der Waals surface area contributed by atoms with Gasteiger partial charge < -0.3 is 5.11 Å². The molecule has 22 heavy (non-hydrogen) atoms. The lowest BCUT2D eigenvalue weighted by Crippen LogP contribution is -2.24. The molecular weight excluding hydrogens is 301 g/mol. The van der Waals surface area contributed by atoms with Crippen LogP contribution in [-0.2, 0) is 0 Å². The number of halogens is 1. The van der Waals surface area contributed by atoms with Crippen molar-refractivity contribution in [3.8, 4) is 0 Å². The van der Waals surface area contributed by atoms with Crippen molar-refractivity contribution < 1.29 is 14.3 Å². The summed E-state index contributed by atoms with van der Waals surface area (Å²) in [6.07, 6.45) is 4.73. The number of hydrogen-bond acceptors (Lipinski definition) is 3. The maximum Gasteiger partial charge on any atom is 0.335 e. The molecule has 1 N–H and O–H groups in total. The molecule has 0 unspecified atom stereocenters. The lowest BCUT2D eigenvalue weighted by molar-refractivity contribution is 0.0696. The second-order valence-electron chi connectivity index (χ2n) is 6.26. The number of nitrogens with zero attached hydrogens (tertiary/aromatic N) is 1. The van der Waals surface area contributed by atoms with E-state index in [-0.39, 0.29) is 5.56 Å². The van der Waals surface area contributed by atoms with Gasteiger partial charge in [-0.15, -0.1) is 11.3 Å². The summed E-state index contributed by atoms with van der Waals surface area (Å²) < 4.78 is 14.8. The van der Waals surface area contributed by atoms with Crippen LogP contribution < -0.4 is 0 Å². The summed E-state index contributed by atoms with van der Waals surface area (Å²) in [6, 6.07) is 2.60. The first-order chi connectivity index (χ1) is 10.5. The number of carboxylic acid groups (broad SMARTS) is 1. The highest BCUT2D eigenvalue weighted by Crippen LogP contribution is 2.45. The number of hydrogen-bond donors (Lipinski definition) is 1. The van der Waals surface area contributed by atoms with E-state index in [0.29, 0.717) is 28.0 Å². The van der Waals surface area contributed by atoms with Crippen molar-refractivity contribution in [1.29, 1.82) is 0 Å². The van der Waals surface area contributed by atoms with E-state index in [1.54, 1.807) is 0 Å². The van der Waals surface area contributed by atoms with Crippen molar-refractivity contribution in [2.75, 3.05) is 0 Å². The van der Waals surface area contributed by atoms with Crippen molar-refractivity contribution in [2.24, 2.45) is 11.8 Å². The summed E-state index contributed by atoms with van der Waals surface area (Å²) in [5, 5.41) is 10.0. The number of thiazole rings is 1. The van der Waals surface area contributed by atoms with Gasteiger partial charge in [0.25, 0.3) is 0 Å². The summed E-state index contributed by atoms with van der Waals surface area (Å²) in [4.78, 5) is 15.6. The smallest absolute Gasteiger partial charge is 0.335 e. The van der Waals surface area contributed by atoms with Crippen molar-refractivity contribution in [3.05, 3.63) is 28.5 Å². The minimum atomic E-state index is -1.10. The maximum absolute atomic E-state index is 14.1. The minimum absolute atomic E-state index is 0.0102. The highest BCUT2D eigenvalue weighted by Gasteiger charge is 2.33. The molecule has 2 aromatic rings. The third-order valence-electron chi connectivity index (χ3n) is 4.88. The molecule has 0 radical (unpaired) electrons. The van der Waals surface area contributed by atoms with Crippen LogP contribution >= 0.6 is 11.3 Å². The molecule has 0 bridgehead atoms. The monoisotopic (exact) mass is 321 g/mol. The van der Waals surface area contributed by atoms with Crippen LogP contribution in [0.2, 0.25) is 0 Å². The van der Waals surface area contributed by atoms with Gasteiger partial charge in [0.05, 0.1) is 15.3 Å². The standard InChI is InChI=1S/C17H20FNO2S/c1-3-10-6-4-5-9(2)14(10)16-19-15-12(18)7-11(17(20)21)8-13(15)22-16/h7-10,14H,3-6H2,1-2H3,(H,20,21)/t9-,10+,14-/m0/s1. The van der Waals surface area contributed by atoms with Crippen molar-refractivity contribution >= 4 is 27.5 Å². The molecular formula is C17H20FNO2S. The van der Waals surface area contributed by atoms with Crippen molar-refractivity contribution in [1.82, 2.24) is 4.98 Å². The summed E-state index contributed by atoms with van der Waals surface area (Å²) in [6.45, 7) is 4.45. The Labute approximate surface area is 133 Å². The van der Waals surface area contributed by atoms with Gasteiger partial charge in [-0.1, -0.05) is 33.1 Å². The molecule has 0 amide bonds. The van der Waals surface area contributed by atoms with Crippen LogP contribution in [-0.4, -0.2) is 16.1 Å². The van der Waals surface area contributed by atoms with Gasteiger partial charge in [0.1, 0.15) is 5.52 Å². The molecule has 0 saturated heterocycles. The Bertz CT molecular complexity index is 712. The fraction of sp³-hybridized carbons (Fsp3) is 0.529. The molecule has 1 aliphatic rings. The fourth-order valence-corrected chi connectivity index (χ4v) is 5.05. The van der Waals surface area contributed by atoms with Gasteiger partial charge in [0.2, 0.25) is 0 Å². The molecule has 1 aromatic heterocycles. The zero-order valence-corrected chi connectivity index (χ0v) is 13.6. The van der Waals surface area contributed by atoms with Crippen LogP contribution in [0.15, 0.2) is 12.1 Å². The van der Waals surface area contributed by atoms with Gasteiger partial charge in [0, 0.05) is 5.92 Å². The molecule has 3 rings (SSSR count). The normalized spacial score (nSPS) is 25.5. The molecule has 3 nitrogen and oxygen atoms in total. The van der Waals surface area contributed by atoms with Gasteiger partial charge in [-0.05, 0) is 30.4 Å². The van der Waals surface area contributed by atoms with Gasteiger partial charge in [-0.3, -0.25) is 0 Å². The van der Waals surface area contributed by atoms with Crippen LogP contribution in [0, 0.1) is 17.7 Å². The summed E-state index contributed by atoms with van der Waals surface area (Å²) in [7, 11) is 0. The Morgan fingerprint density at radius 2 is 2.23 bits per heavy atom. The summed E-state index contributed by atoms with van der Waals surface area (Å²) in [5.41, 5.74) is 0.307. The van der Waals surface area contributed by atoms with E-state index in [4.69, 9.17) is 5.11 Å². The van der Waals surface area contributed by atoms with Crippen LogP contribution in [0.1, 0.15) is 60.8 Å². The number of rotatable bonds is 3. The van der Waals surface area contributed by atoms with E-state index in [1.165, 1.54) is 36.7 Å². The molecule has 1 aromatic carbocycles. The SMILES string of the molecule is CC[C@@H]1CCC[C@H](C)[C@@H]1c1nc2c(F)cc(C(=O)O)cc2s1. The van der Waals surface area contributed by atoms with E-state index in [1.807, 2.05) is 0 Å². The van der Waals surface area contributed by atoms with Gasteiger partial charge >= 0.3 is 5.97 Å². The molecule has 3 atom stereocenters. The lowest BCUT2D eigenvalue weighted by Gasteiger charge is -2.34. The van der Waals surface area contributed by atoms with E-state index in [0.717, 1.165) is 17.5 Å². The summed E-state index contributed by atoms with van der Waals surface area (Å²) in [5.74, 6) is -0.140. The number of benzene rings is 1. The zero-order chi connectivity index (χ0) is 15.9. The molecule has 118 valence electrons. The molecule has 0 spiro atoms. The Balaban J connectivity index is 2.07. The predicted octanol–water partition coefficient (Wildman–Crippen LogP) is 5.06. The van der Waals surface area contributed by atoms with E-state index >= 15 is 0 Å². The average molecular weight is 321 g/mol. The molecule has 1 fully saturated rings. The fourth-order valence-electron chi connectivity index (χ4n) is 3.70. The summed E-state index contributed by atoms with van der Waals surface area (Å²) >= 11 is 1.46. The number of aromatic carboxylic acids is 1. The Morgan fingerprint density at radius 3 is 2.91 bits per heavy atom. The van der Waals surface area contributed by atoms with E-state index < -0.39 is 11.8 Å². The van der Waals surface area contributed by atoms with Crippen LogP contribution in [0.4, 0.5) is 4.39 Å². The Morgan fingerprint density at radius 1 is 1.45 bits per heavy atom. The van der Waals surface area contributed by atoms with E-state index in [2.05, 4.69) is 18.8 Å². The van der Waals surface area contributed by atoms with E-state index in [9.17, 15) is 9.18 Å².